The fourth-order valence-corrected chi connectivity index (χ4v) is 2.74. The molecule has 1 aromatic carbocycles. The second-order valence-electron chi connectivity index (χ2n) is 6.97. The molecule has 1 aromatic heterocycles. The first kappa shape index (κ1) is 24.5. The Morgan fingerprint density at radius 3 is 2.43 bits per heavy atom. The van der Waals surface area contributed by atoms with Crippen molar-refractivity contribution in [3.05, 3.63) is 58.9 Å². The van der Waals surface area contributed by atoms with Gasteiger partial charge in [-0.25, -0.2) is 4.98 Å². The Balaban J connectivity index is 0.00000392. The lowest BCUT2D eigenvalue weighted by Gasteiger charge is -2.24. The molecule has 154 valence electrons. The topological polar surface area (TPSA) is 58.5 Å². The quantitative estimate of drug-likeness (QED) is 0.236. The summed E-state index contributed by atoms with van der Waals surface area (Å²) in [5.74, 6) is 1.69. The monoisotopic (exact) mass is 516 g/mol. The van der Waals surface area contributed by atoms with Gasteiger partial charge in [0, 0.05) is 24.7 Å². The molecule has 7 heteroatoms. The van der Waals surface area contributed by atoms with Gasteiger partial charge in [-0.1, -0.05) is 43.6 Å². The molecule has 0 saturated heterocycles. The van der Waals surface area contributed by atoms with E-state index in [9.17, 15) is 0 Å². The van der Waals surface area contributed by atoms with Crippen molar-refractivity contribution >= 4 is 41.5 Å². The predicted octanol–water partition coefficient (Wildman–Crippen LogP) is 4.44. The zero-order valence-corrected chi connectivity index (χ0v) is 20.0. The van der Waals surface area contributed by atoms with Gasteiger partial charge < -0.3 is 15.4 Å². The van der Waals surface area contributed by atoms with Crippen molar-refractivity contribution in [1.29, 1.82) is 0 Å². The van der Waals surface area contributed by atoms with Crippen LogP contribution in [0.4, 0.5) is 0 Å². The highest BCUT2D eigenvalue weighted by Gasteiger charge is 2.20. The number of hydrogen-bond acceptors (Lipinski definition) is 3. The maximum atomic E-state index is 5.83. The number of nitrogens with one attached hydrogen (secondary N) is 2. The Kier molecular flexibility index (Phi) is 10.6. The van der Waals surface area contributed by atoms with Crippen LogP contribution >= 0.6 is 35.6 Å². The number of aliphatic imine (C=N–C) groups is 1. The summed E-state index contributed by atoms with van der Waals surface area (Å²) in [5, 5.41) is 7.20. The maximum Gasteiger partial charge on any atom is 0.191 e. The van der Waals surface area contributed by atoms with Crippen LogP contribution < -0.4 is 15.4 Å². The zero-order chi connectivity index (χ0) is 19.7. The number of methoxy groups -OCH3 is 1. The van der Waals surface area contributed by atoms with Crippen molar-refractivity contribution < 1.29 is 4.74 Å². The van der Waals surface area contributed by atoms with Crippen molar-refractivity contribution in [3.63, 3.8) is 0 Å². The molecule has 0 fully saturated rings. The fraction of sp³-hybridized carbons (Fsp3) is 0.429. The van der Waals surface area contributed by atoms with Crippen LogP contribution in [0.3, 0.4) is 0 Å². The van der Waals surface area contributed by atoms with Crippen LogP contribution in [0, 0.1) is 0 Å². The molecule has 5 nitrogen and oxygen atoms in total. The van der Waals surface area contributed by atoms with Gasteiger partial charge in [-0.15, -0.1) is 24.0 Å². The molecular weight excluding hydrogens is 487 g/mol. The molecule has 0 spiro atoms. The number of pyridine rings is 1. The van der Waals surface area contributed by atoms with E-state index in [1.807, 2.05) is 24.3 Å². The second-order valence-corrected chi connectivity index (χ2v) is 7.36. The highest BCUT2D eigenvalue weighted by molar-refractivity contribution is 14.0. The number of hydrogen-bond donors (Lipinski definition) is 2. The van der Waals surface area contributed by atoms with Gasteiger partial charge in [0.25, 0.3) is 0 Å². The van der Waals surface area contributed by atoms with E-state index >= 15 is 0 Å². The van der Waals surface area contributed by atoms with E-state index in [2.05, 4.69) is 48.5 Å². The number of nitrogens with zero attached hydrogens (tertiary/aromatic N) is 2. The molecule has 0 aliphatic heterocycles. The third kappa shape index (κ3) is 7.83. The largest absolute Gasteiger partial charge is 0.497 e. The first-order chi connectivity index (χ1) is 12.9. The molecule has 28 heavy (non-hydrogen) atoms. The van der Waals surface area contributed by atoms with Crippen LogP contribution in [0.2, 0.25) is 5.15 Å². The van der Waals surface area contributed by atoms with Crippen molar-refractivity contribution in [2.75, 3.05) is 26.7 Å². The maximum absolute atomic E-state index is 5.83. The molecule has 2 N–H and O–H groups in total. The molecule has 0 aliphatic carbocycles. The molecule has 0 atom stereocenters. The van der Waals surface area contributed by atoms with Crippen LogP contribution in [0.25, 0.3) is 0 Å². The lowest BCUT2D eigenvalue weighted by molar-refractivity contribution is 0.414. The number of rotatable bonds is 8. The summed E-state index contributed by atoms with van der Waals surface area (Å²) in [5.41, 5.74) is 2.30. The van der Waals surface area contributed by atoms with E-state index in [1.165, 1.54) is 5.56 Å². The SMILES string of the molecule is CCNC(=NCC(C)(C)c1ccc(OC)cc1)NCCc1ccc(Cl)nc1.I. The first-order valence-electron chi connectivity index (χ1n) is 9.22. The molecule has 0 unspecified atom stereocenters. The van der Waals surface area contributed by atoms with Crippen molar-refractivity contribution in [2.45, 2.75) is 32.6 Å². The third-order valence-corrected chi connectivity index (χ3v) is 4.57. The predicted molar refractivity (Wildman–Crippen MR) is 128 cm³/mol. The molecule has 2 aromatic rings. The zero-order valence-electron chi connectivity index (χ0n) is 17.0. The highest BCUT2D eigenvalue weighted by Crippen LogP contribution is 2.25. The summed E-state index contributed by atoms with van der Waals surface area (Å²) >= 11 is 5.83. The van der Waals surface area contributed by atoms with Gasteiger partial charge in [-0.2, -0.15) is 0 Å². The van der Waals surface area contributed by atoms with Crippen LogP contribution in [-0.4, -0.2) is 37.7 Å². The van der Waals surface area contributed by atoms with Crippen molar-refractivity contribution in [3.8, 4) is 5.75 Å². The Hall–Kier alpha value is -1.54. The van der Waals surface area contributed by atoms with Gasteiger partial charge in [0.15, 0.2) is 5.96 Å². The summed E-state index contributed by atoms with van der Waals surface area (Å²) in [4.78, 5) is 8.89. The molecule has 0 radical (unpaired) electrons. The van der Waals surface area contributed by atoms with Crippen molar-refractivity contribution in [1.82, 2.24) is 15.6 Å². The van der Waals surface area contributed by atoms with Crippen LogP contribution in [0.15, 0.2) is 47.6 Å². The standard InChI is InChI=1S/C21H29ClN4O.HI/c1-5-23-20(24-13-12-16-6-11-19(22)25-14-16)26-15-21(2,3)17-7-9-18(27-4)10-8-17;/h6-11,14H,5,12-13,15H2,1-4H3,(H2,23,24,26);1H. The van der Waals surface area contributed by atoms with Crippen LogP contribution in [0.5, 0.6) is 5.75 Å². The summed E-state index contributed by atoms with van der Waals surface area (Å²) < 4.78 is 5.24. The summed E-state index contributed by atoms with van der Waals surface area (Å²) in [7, 11) is 1.68. The molecule has 0 bridgehead atoms. The van der Waals surface area contributed by atoms with E-state index < -0.39 is 0 Å². The minimum atomic E-state index is -0.0747. The Bertz CT molecular complexity index is 733. The van der Waals surface area contributed by atoms with Gasteiger partial charge in [0.2, 0.25) is 0 Å². The minimum Gasteiger partial charge on any atom is -0.497 e. The average molecular weight is 517 g/mol. The molecule has 0 saturated carbocycles. The van der Waals surface area contributed by atoms with E-state index in [1.54, 1.807) is 13.3 Å². The van der Waals surface area contributed by atoms with Gasteiger partial charge in [-0.05, 0) is 42.7 Å². The molecule has 0 amide bonds. The number of guanidine groups is 1. The minimum absolute atomic E-state index is 0. The summed E-state index contributed by atoms with van der Waals surface area (Å²) in [6.45, 7) is 8.73. The number of benzene rings is 1. The van der Waals surface area contributed by atoms with E-state index in [4.69, 9.17) is 21.3 Å². The number of aromatic nitrogens is 1. The molecule has 0 aliphatic rings. The Morgan fingerprint density at radius 2 is 1.86 bits per heavy atom. The van der Waals surface area contributed by atoms with E-state index in [0.29, 0.717) is 11.7 Å². The Labute approximate surface area is 190 Å². The average Bonchev–Trinajstić information content (AvgIpc) is 2.67. The molecule has 1 heterocycles. The van der Waals surface area contributed by atoms with E-state index in [-0.39, 0.29) is 29.4 Å². The normalized spacial score (nSPS) is 11.5. The smallest absolute Gasteiger partial charge is 0.191 e. The van der Waals surface area contributed by atoms with Crippen molar-refractivity contribution in [2.24, 2.45) is 4.99 Å². The summed E-state index contributed by atoms with van der Waals surface area (Å²) in [6, 6.07) is 12.0. The van der Waals surface area contributed by atoms with Crippen LogP contribution in [-0.2, 0) is 11.8 Å². The second kappa shape index (κ2) is 12.1. The lowest BCUT2D eigenvalue weighted by atomic mass is 9.85. The first-order valence-corrected chi connectivity index (χ1v) is 9.59. The van der Waals surface area contributed by atoms with Gasteiger partial charge in [0.05, 0.1) is 13.7 Å². The summed E-state index contributed by atoms with van der Waals surface area (Å²) in [6.07, 6.45) is 2.66. The lowest BCUT2D eigenvalue weighted by Crippen LogP contribution is -2.39. The fourth-order valence-electron chi connectivity index (χ4n) is 2.63. The van der Waals surface area contributed by atoms with Gasteiger partial charge >= 0.3 is 0 Å². The number of halogens is 2. The molecule has 2 rings (SSSR count). The Morgan fingerprint density at radius 1 is 1.14 bits per heavy atom. The van der Waals surface area contributed by atoms with Gasteiger partial charge in [-0.3, -0.25) is 4.99 Å². The third-order valence-electron chi connectivity index (χ3n) is 4.34. The van der Waals surface area contributed by atoms with E-state index in [0.717, 1.165) is 36.8 Å². The van der Waals surface area contributed by atoms with Gasteiger partial charge in [0.1, 0.15) is 10.9 Å². The number of ether oxygens (including phenoxy) is 1. The molecular formula is C21H30ClIN4O. The van der Waals surface area contributed by atoms with Crippen LogP contribution in [0.1, 0.15) is 31.9 Å². The highest BCUT2D eigenvalue weighted by atomic mass is 127.